The van der Waals surface area contributed by atoms with Gasteiger partial charge in [-0.25, -0.2) is 9.78 Å². The van der Waals surface area contributed by atoms with E-state index in [4.69, 9.17) is 27.9 Å². The third-order valence-electron chi connectivity index (χ3n) is 2.76. The summed E-state index contributed by atoms with van der Waals surface area (Å²) in [6.07, 6.45) is 3.93. The molecule has 5 nitrogen and oxygen atoms in total. The van der Waals surface area contributed by atoms with Gasteiger partial charge in [-0.15, -0.1) is 0 Å². The smallest absolute Gasteiger partial charge is 0.345 e. The summed E-state index contributed by atoms with van der Waals surface area (Å²) in [6.45, 7) is 0. The SMILES string of the molecule is O=C(OC1CC1)c1c(Cl)nc(Cl)nc1NC1CC1. The molecule has 1 heterocycles. The fraction of sp³-hybridized carbons (Fsp3) is 0.545. The zero-order valence-electron chi connectivity index (χ0n) is 9.45. The van der Waals surface area contributed by atoms with Gasteiger partial charge < -0.3 is 10.1 Å². The molecule has 2 saturated carbocycles. The van der Waals surface area contributed by atoms with Crippen LogP contribution in [-0.2, 0) is 4.74 Å². The molecule has 0 aliphatic heterocycles. The number of aromatic nitrogens is 2. The van der Waals surface area contributed by atoms with E-state index in [1.807, 2.05) is 0 Å². The van der Waals surface area contributed by atoms with Gasteiger partial charge in [-0.3, -0.25) is 0 Å². The zero-order chi connectivity index (χ0) is 12.7. The first kappa shape index (κ1) is 12.0. The second-order valence-corrected chi connectivity index (χ2v) is 5.23. The molecule has 0 atom stereocenters. The van der Waals surface area contributed by atoms with Gasteiger partial charge in [0.25, 0.3) is 0 Å². The van der Waals surface area contributed by atoms with Gasteiger partial charge in [0, 0.05) is 6.04 Å². The van der Waals surface area contributed by atoms with Crippen molar-refractivity contribution in [3.05, 3.63) is 16.0 Å². The predicted molar refractivity (Wildman–Crippen MR) is 67.1 cm³/mol. The van der Waals surface area contributed by atoms with Crippen molar-refractivity contribution in [3.8, 4) is 0 Å². The highest BCUT2D eigenvalue weighted by Crippen LogP contribution is 2.32. The maximum atomic E-state index is 12.0. The number of carbonyl (C=O) groups is 1. The molecule has 0 amide bonds. The third-order valence-corrected chi connectivity index (χ3v) is 3.20. The molecule has 0 bridgehead atoms. The number of hydrogen-bond donors (Lipinski definition) is 1. The molecule has 1 aromatic heterocycles. The van der Waals surface area contributed by atoms with E-state index in [1.165, 1.54) is 0 Å². The van der Waals surface area contributed by atoms with Gasteiger partial charge in [-0.05, 0) is 37.3 Å². The fourth-order valence-electron chi connectivity index (χ4n) is 1.51. The molecule has 3 rings (SSSR count). The summed E-state index contributed by atoms with van der Waals surface area (Å²) in [4.78, 5) is 19.8. The van der Waals surface area contributed by atoms with Crippen molar-refractivity contribution in [3.63, 3.8) is 0 Å². The minimum absolute atomic E-state index is 0.0121. The molecule has 0 unspecified atom stereocenters. The van der Waals surface area contributed by atoms with Gasteiger partial charge in [0.1, 0.15) is 17.5 Å². The molecular weight excluding hydrogens is 277 g/mol. The van der Waals surface area contributed by atoms with E-state index in [0.29, 0.717) is 11.9 Å². The van der Waals surface area contributed by atoms with Crippen LogP contribution in [0.3, 0.4) is 0 Å². The quantitative estimate of drug-likeness (QED) is 0.524. The number of ether oxygens (including phenoxy) is 1. The Hall–Kier alpha value is -1.07. The standard InChI is InChI=1S/C11H11Cl2N3O2/c12-8-7(10(17)18-6-3-4-6)9(14-5-1-2-5)16-11(13)15-8/h5-6H,1-4H2,(H,14,15,16). The Balaban J connectivity index is 1.90. The van der Waals surface area contributed by atoms with E-state index in [1.54, 1.807) is 0 Å². The van der Waals surface area contributed by atoms with E-state index in [9.17, 15) is 4.79 Å². The highest BCUT2D eigenvalue weighted by atomic mass is 35.5. The summed E-state index contributed by atoms with van der Waals surface area (Å²) >= 11 is 11.7. The number of anilines is 1. The number of halogens is 2. The van der Waals surface area contributed by atoms with Crippen LogP contribution in [-0.4, -0.2) is 28.1 Å². The lowest BCUT2D eigenvalue weighted by molar-refractivity contribution is 0.0473. The van der Waals surface area contributed by atoms with Crippen LogP contribution in [0.4, 0.5) is 5.82 Å². The van der Waals surface area contributed by atoms with Crippen molar-refractivity contribution in [2.75, 3.05) is 5.32 Å². The Labute approximate surface area is 114 Å². The first-order valence-electron chi connectivity index (χ1n) is 5.84. The third kappa shape index (κ3) is 2.67. The van der Waals surface area contributed by atoms with Crippen molar-refractivity contribution < 1.29 is 9.53 Å². The topological polar surface area (TPSA) is 64.1 Å². The summed E-state index contributed by atoms with van der Waals surface area (Å²) in [5, 5.41) is 3.17. The molecule has 2 aliphatic rings. The molecule has 2 fully saturated rings. The average molecular weight is 288 g/mol. The summed E-state index contributed by atoms with van der Waals surface area (Å²) in [5.74, 6) is -0.115. The van der Waals surface area contributed by atoms with E-state index in [2.05, 4.69) is 15.3 Å². The lowest BCUT2D eigenvalue weighted by Gasteiger charge is -2.11. The van der Waals surface area contributed by atoms with Gasteiger partial charge in [0.2, 0.25) is 5.28 Å². The van der Waals surface area contributed by atoms with Crippen molar-refractivity contribution >= 4 is 35.0 Å². The Morgan fingerprint density at radius 2 is 1.94 bits per heavy atom. The molecule has 0 radical (unpaired) electrons. The number of esters is 1. The lowest BCUT2D eigenvalue weighted by Crippen LogP contribution is -2.15. The Bertz CT molecular complexity index is 501. The molecule has 0 spiro atoms. The molecular formula is C11H11Cl2N3O2. The van der Waals surface area contributed by atoms with Crippen LogP contribution >= 0.6 is 23.2 Å². The lowest BCUT2D eigenvalue weighted by atomic mass is 10.3. The zero-order valence-corrected chi connectivity index (χ0v) is 11.0. The van der Waals surface area contributed by atoms with Gasteiger partial charge in [0.15, 0.2) is 5.15 Å². The fourth-order valence-corrected chi connectivity index (χ4v) is 1.97. The van der Waals surface area contributed by atoms with E-state index < -0.39 is 5.97 Å². The molecule has 1 aromatic rings. The number of nitrogens with one attached hydrogen (secondary N) is 1. The number of rotatable bonds is 4. The molecule has 0 saturated heterocycles. The average Bonchev–Trinajstić information content (AvgIpc) is 3.11. The molecule has 0 aromatic carbocycles. The Morgan fingerprint density at radius 1 is 1.22 bits per heavy atom. The van der Waals surface area contributed by atoms with Crippen LogP contribution in [0, 0.1) is 0 Å². The van der Waals surface area contributed by atoms with Gasteiger partial charge in [-0.1, -0.05) is 11.6 Å². The molecule has 2 aliphatic carbocycles. The Kier molecular flexibility index (Phi) is 3.03. The number of hydrogen-bond acceptors (Lipinski definition) is 5. The van der Waals surface area contributed by atoms with E-state index in [0.717, 1.165) is 25.7 Å². The van der Waals surface area contributed by atoms with Crippen LogP contribution in [0.15, 0.2) is 0 Å². The highest BCUT2D eigenvalue weighted by Gasteiger charge is 2.31. The molecule has 1 N–H and O–H groups in total. The first-order chi connectivity index (χ1) is 8.63. The number of carbonyl (C=O) groups excluding carboxylic acids is 1. The van der Waals surface area contributed by atoms with Crippen LogP contribution in [0.2, 0.25) is 10.4 Å². The van der Waals surface area contributed by atoms with Crippen molar-refractivity contribution in [2.45, 2.75) is 37.8 Å². The largest absolute Gasteiger partial charge is 0.459 e. The van der Waals surface area contributed by atoms with Crippen molar-refractivity contribution in [1.82, 2.24) is 9.97 Å². The van der Waals surface area contributed by atoms with Crippen LogP contribution in [0.5, 0.6) is 0 Å². The normalized spacial score (nSPS) is 18.6. The molecule has 18 heavy (non-hydrogen) atoms. The van der Waals surface area contributed by atoms with E-state index >= 15 is 0 Å². The summed E-state index contributed by atoms with van der Waals surface area (Å²) in [6, 6.07) is 0.333. The number of nitrogens with zero attached hydrogens (tertiary/aromatic N) is 2. The van der Waals surface area contributed by atoms with Crippen molar-refractivity contribution in [1.29, 1.82) is 0 Å². The van der Waals surface area contributed by atoms with Crippen molar-refractivity contribution in [2.24, 2.45) is 0 Å². The van der Waals surface area contributed by atoms with Crippen LogP contribution in [0.1, 0.15) is 36.0 Å². The summed E-state index contributed by atoms with van der Waals surface area (Å²) in [7, 11) is 0. The monoisotopic (exact) mass is 287 g/mol. The highest BCUT2D eigenvalue weighted by molar-refractivity contribution is 6.34. The second-order valence-electron chi connectivity index (χ2n) is 4.53. The first-order valence-corrected chi connectivity index (χ1v) is 6.59. The van der Waals surface area contributed by atoms with Gasteiger partial charge >= 0.3 is 5.97 Å². The molecule has 96 valence electrons. The predicted octanol–water partition coefficient (Wildman–Crippen LogP) is 2.68. The molecule has 7 heteroatoms. The summed E-state index contributed by atoms with van der Waals surface area (Å²) in [5.41, 5.74) is 0.180. The maximum absolute atomic E-state index is 12.0. The minimum Gasteiger partial charge on any atom is -0.459 e. The van der Waals surface area contributed by atoms with Gasteiger partial charge in [0.05, 0.1) is 0 Å². The van der Waals surface area contributed by atoms with E-state index in [-0.39, 0.29) is 22.1 Å². The summed E-state index contributed by atoms with van der Waals surface area (Å²) < 4.78 is 5.22. The van der Waals surface area contributed by atoms with Crippen LogP contribution in [0.25, 0.3) is 0 Å². The minimum atomic E-state index is -0.484. The van der Waals surface area contributed by atoms with Gasteiger partial charge in [-0.2, -0.15) is 4.98 Å². The second kappa shape index (κ2) is 4.55. The van der Waals surface area contributed by atoms with Crippen LogP contribution < -0.4 is 5.32 Å². The maximum Gasteiger partial charge on any atom is 0.345 e. The Morgan fingerprint density at radius 3 is 2.56 bits per heavy atom.